The molecule has 2 N–H and O–H groups in total. The van der Waals surface area contributed by atoms with Gasteiger partial charge in [-0.1, -0.05) is 0 Å². The summed E-state index contributed by atoms with van der Waals surface area (Å²) in [5.74, 6) is 0.333. The second kappa shape index (κ2) is 6.73. The molecule has 25 heavy (non-hydrogen) atoms. The lowest BCUT2D eigenvalue weighted by atomic mass is 10.2. The van der Waals surface area contributed by atoms with E-state index in [1.807, 2.05) is 25.9 Å². The molecule has 0 aliphatic carbocycles. The largest absolute Gasteiger partial charge is 0.321 e. The van der Waals surface area contributed by atoms with Crippen molar-refractivity contribution >= 4 is 33.1 Å². The summed E-state index contributed by atoms with van der Waals surface area (Å²) in [6, 6.07) is 3.52. The molecule has 3 heterocycles. The molecule has 0 aliphatic heterocycles. The second-order valence-electron chi connectivity index (χ2n) is 6.13. The number of pyridine rings is 1. The highest BCUT2D eigenvalue weighted by molar-refractivity contribution is 7.20. The highest BCUT2D eigenvalue weighted by Gasteiger charge is 2.19. The molecule has 0 radical (unpaired) electrons. The summed E-state index contributed by atoms with van der Waals surface area (Å²) in [5.41, 5.74) is 1.92. The number of hydrogen-bond acceptors (Lipinski definition) is 6. The molecule has 3 rings (SSSR count). The van der Waals surface area contributed by atoms with Gasteiger partial charge in [-0.3, -0.25) is 14.6 Å². The monoisotopic (exact) mass is 357 g/mol. The summed E-state index contributed by atoms with van der Waals surface area (Å²) < 4.78 is 0. The molecule has 1 amide bonds. The van der Waals surface area contributed by atoms with Crippen LogP contribution < -0.4 is 10.9 Å². The third kappa shape index (κ3) is 3.59. The average molecular weight is 357 g/mol. The van der Waals surface area contributed by atoms with Crippen molar-refractivity contribution in [2.45, 2.75) is 20.4 Å². The van der Waals surface area contributed by atoms with Crippen molar-refractivity contribution in [2.24, 2.45) is 0 Å². The Bertz CT molecular complexity index is 1010. The average Bonchev–Trinajstić information content (AvgIpc) is 2.84. The summed E-state index contributed by atoms with van der Waals surface area (Å²) in [7, 11) is 3.80. The SMILES string of the molecule is Cc1cc(NC(=O)c2sc3nc(CN(C)C)[nH]c(=O)c3c2C)ccn1. The molecule has 130 valence electrons. The summed E-state index contributed by atoms with van der Waals surface area (Å²) in [6.07, 6.45) is 1.64. The Hall–Kier alpha value is -2.58. The number of anilines is 1. The smallest absolute Gasteiger partial charge is 0.266 e. The molecule has 7 nitrogen and oxygen atoms in total. The first-order valence-corrected chi connectivity index (χ1v) is 8.58. The van der Waals surface area contributed by atoms with Gasteiger partial charge in [0.05, 0.1) is 16.8 Å². The molecule has 3 aromatic rings. The summed E-state index contributed by atoms with van der Waals surface area (Å²) >= 11 is 1.23. The number of carbonyl (C=O) groups excluding carboxylic acids is 1. The topological polar surface area (TPSA) is 91.0 Å². The Morgan fingerprint density at radius 1 is 1.36 bits per heavy atom. The Balaban J connectivity index is 1.99. The van der Waals surface area contributed by atoms with Crippen molar-refractivity contribution in [1.29, 1.82) is 0 Å². The van der Waals surface area contributed by atoms with Crippen LogP contribution in [0.3, 0.4) is 0 Å². The number of fused-ring (bicyclic) bond motifs is 1. The van der Waals surface area contributed by atoms with Crippen LogP contribution >= 0.6 is 11.3 Å². The number of aryl methyl sites for hydroxylation is 2. The molecule has 0 saturated carbocycles. The number of carbonyl (C=O) groups is 1. The number of amides is 1. The minimum absolute atomic E-state index is 0.214. The van der Waals surface area contributed by atoms with Crippen LogP contribution in [-0.2, 0) is 6.54 Å². The number of H-pyrrole nitrogens is 1. The van der Waals surface area contributed by atoms with Crippen molar-refractivity contribution in [3.8, 4) is 0 Å². The van der Waals surface area contributed by atoms with Crippen LogP contribution in [0, 0.1) is 13.8 Å². The van der Waals surface area contributed by atoms with Gasteiger partial charge in [-0.2, -0.15) is 0 Å². The molecule has 0 spiro atoms. The van der Waals surface area contributed by atoms with Crippen LogP contribution in [0.2, 0.25) is 0 Å². The summed E-state index contributed by atoms with van der Waals surface area (Å²) in [4.78, 5) is 39.4. The van der Waals surface area contributed by atoms with E-state index >= 15 is 0 Å². The molecule has 0 bridgehead atoms. The van der Waals surface area contributed by atoms with E-state index in [4.69, 9.17) is 0 Å². The molecule has 0 saturated heterocycles. The third-order valence-corrected chi connectivity index (χ3v) is 4.86. The highest BCUT2D eigenvalue weighted by atomic mass is 32.1. The molecule has 0 aliphatic rings. The molecule has 0 unspecified atom stereocenters. The van der Waals surface area contributed by atoms with E-state index in [1.165, 1.54) is 11.3 Å². The van der Waals surface area contributed by atoms with Gasteiger partial charge in [-0.05, 0) is 45.6 Å². The van der Waals surface area contributed by atoms with Gasteiger partial charge in [0.25, 0.3) is 11.5 Å². The zero-order valence-electron chi connectivity index (χ0n) is 14.5. The van der Waals surface area contributed by atoms with Crippen LogP contribution in [0.15, 0.2) is 23.1 Å². The van der Waals surface area contributed by atoms with Crippen LogP contribution in [0.4, 0.5) is 5.69 Å². The predicted molar refractivity (Wildman–Crippen MR) is 99.3 cm³/mol. The molecule has 0 fully saturated rings. The van der Waals surface area contributed by atoms with E-state index in [9.17, 15) is 9.59 Å². The van der Waals surface area contributed by atoms with E-state index in [2.05, 4.69) is 20.3 Å². The Morgan fingerprint density at radius 2 is 2.12 bits per heavy atom. The van der Waals surface area contributed by atoms with Gasteiger partial charge in [0.1, 0.15) is 10.7 Å². The van der Waals surface area contributed by atoms with Crippen molar-refractivity contribution in [2.75, 3.05) is 19.4 Å². The Morgan fingerprint density at radius 3 is 2.80 bits per heavy atom. The summed E-state index contributed by atoms with van der Waals surface area (Å²) in [5, 5.41) is 3.33. The second-order valence-corrected chi connectivity index (χ2v) is 7.13. The fourth-order valence-corrected chi connectivity index (χ4v) is 3.69. The number of rotatable bonds is 4. The first kappa shape index (κ1) is 17.2. The van der Waals surface area contributed by atoms with Crippen LogP contribution in [-0.4, -0.2) is 39.9 Å². The van der Waals surface area contributed by atoms with Crippen LogP contribution in [0.1, 0.15) is 26.8 Å². The maximum atomic E-state index is 12.6. The number of thiophene rings is 1. The standard InChI is InChI=1S/C17H19N5O2S/c1-9-7-11(5-6-18-9)19-16(24)14-10(2)13-15(23)20-12(8-22(3)4)21-17(13)25-14/h5-7H,8H2,1-4H3,(H,18,19,24)(H,20,21,23). The zero-order valence-corrected chi connectivity index (χ0v) is 15.3. The summed E-state index contributed by atoms with van der Waals surface area (Å²) in [6.45, 7) is 4.16. The minimum Gasteiger partial charge on any atom is -0.321 e. The lowest BCUT2D eigenvalue weighted by Crippen LogP contribution is -2.18. The minimum atomic E-state index is -0.250. The number of aromatic amines is 1. The fourth-order valence-electron chi connectivity index (χ4n) is 2.59. The van der Waals surface area contributed by atoms with E-state index in [1.54, 1.807) is 25.3 Å². The lowest BCUT2D eigenvalue weighted by molar-refractivity contribution is 0.103. The molecular weight excluding hydrogens is 338 g/mol. The van der Waals surface area contributed by atoms with Crippen molar-refractivity contribution in [3.63, 3.8) is 0 Å². The van der Waals surface area contributed by atoms with E-state index < -0.39 is 0 Å². The van der Waals surface area contributed by atoms with Gasteiger partial charge >= 0.3 is 0 Å². The van der Waals surface area contributed by atoms with E-state index in [-0.39, 0.29) is 11.5 Å². The number of nitrogens with zero attached hydrogens (tertiary/aromatic N) is 3. The van der Waals surface area contributed by atoms with Gasteiger partial charge < -0.3 is 15.2 Å². The third-order valence-electron chi connectivity index (χ3n) is 3.68. The van der Waals surface area contributed by atoms with Gasteiger partial charge in [0.15, 0.2) is 0 Å². The van der Waals surface area contributed by atoms with Crippen molar-refractivity contribution < 1.29 is 4.79 Å². The highest BCUT2D eigenvalue weighted by Crippen LogP contribution is 2.27. The molecule has 0 aromatic carbocycles. The predicted octanol–water partition coefficient (Wildman–Crippen LogP) is 2.31. The van der Waals surface area contributed by atoms with Gasteiger partial charge in [-0.25, -0.2) is 4.98 Å². The van der Waals surface area contributed by atoms with Crippen molar-refractivity contribution in [1.82, 2.24) is 19.9 Å². The van der Waals surface area contributed by atoms with Gasteiger partial charge in [0, 0.05) is 17.6 Å². The van der Waals surface area contributed by atoms with Crippen LogP contribution in [0.5, 0.6) is 0 Å². The molecular formula is C17H19N5O2S. The first-order chi connectivity index (χ1) is 11.8. The normalized spacial score (nSPS) is 11.2. The van der Waals surface area contributed by atoms with E-state index in [0.717, 1.165) is 5.69 Å². The zero-order chi connectivity index (χ0) is 18.1. The maximum absolute atomic E-state index is 12.6. The first-order valence-electron chi connectivity index (χ1n) is 7.76. The lowest BCUT2D eigenvalue weighted by Gasteiger charge is -2.07. The molecule has 3 aromatic heterocycles. The Kier molecular flexibility index (Phi) is 4.65. The van der Waals surface area contributed by atoms with Crippen molar-refractivity contribution in [3.05, 3.63) is 50.6 Å². The van der Waals surface area contributed by atoms with Crippen LogP contribution in [0.25, 0.3) is 10.2 Å². The van der Waals surface area contributed by atoms with Gasteiger partial charge in [0.2, 0.25) is 0 Å². The Labute approximate surface area is 148 Å². The quantitative estimate of drug-likeness (QED) is 0.748. The van der Waals surface area contributed by atoms with Gasteiger partial charge in [-0.15, -0.1) is 11.3 Å². The number of nitrogens with one attached hydrogen (secondary N) is 2. The van der Waals surface area contributed by atoms with E-state index in [0.29, 0.717) is 38.7 Å². The fraction of sp³-hybridized carbons (Fsp3) is 0.294. The maximum Gasteiger partial charge on any atom is 0.266 e. The molecule has 0 atom stereocenters. The number of aromatic nitrogens is 3. The number of hydrogen-bond donors (Lipinski definition) is 2. The molecule has 8 heteroatoms.